The average molecular weight is 513 g/mol. The van der Waals surface area contributed by atoms with Gasteiger partial charge in [0.15, 0.2) is 0 Å². The van der Waals surface area contributed by atoms with Crippen LogP contribution in [0.4, 0.5) is 23.7 Å². The van der Waals surface area contributed by atoms with Crippen molar-refractivity contribution in [3.63, 3.8) is 0 Å². The van der Waals surface area contributed by atoms with Crippen LogP contribution in [-0.4, -0.2) is 46.6 Å². The predicted octanol–water partition coefficient (Wildman–Crippen LogP) is 5.96. The van der Waals surface area contributed by atoms with Crippen LogP contribution in [0.25, 0.3) is 11.5 Å². The lowest BCUT2D eigenvalue weighted by atomic mass is 10.1. The Kier molecular flexibility index (Phi) is 7.96. The Morgan fingerprint density at radius 3 is 2.68 bits per heavy atom. The first-order valence-corrected chi connectivity index (χ1v) is 11.7. The van der Waals surface area contributed by atoms with Gasteiger partial charge in [0, 0.05) is 40.7 Å². The van der Waals surface area contributed by atoms with Gasteiger partial charge in [0.2, 0.25) is 5.89 Å². The molecule has 12 heteroatoms. The molecule has 0 spiro atoms. The van der Waals surface area contributed by atoms with Gasteiger partial charge in [0.05, 0.1) is 13.2 Å². The maximum absolute atomic E-state index is 15.0. The van der Waals surface area contributed by atoms with Crippen LogP contribution in [0.1, 0.15) is 24.3 Å². The lowest BCUT2D eigenvalue weighted by Crippen LogP contribution is -2.45. The van der Waals surface area contributed by atoms with Gasteiger partial charge in [0.1, 0.15) is 5.82 Å². The number of alkyl halides is 2. The molecule has 180 valence electrons. The van der Waals surface area contributed by atoms with Crippen molar-refractivity contribution in [1.29, 1.82) is 0 Å². The molecule has 0 bridgehead atoms. The van der Waals surface area contributed by atoms with Crippen molar-refractivity contribution in [1.82, 2.24) is 15.1 Å². The summed E-state index contributed by atoms with van der Waals surface area (Å²) in [7, 11) is 0. The summed E-state index contributed by atoms with van der Waals surface area (Å²) >= 11 is 7.32. The third-order valence-corrected chi connectivity index (χ3v) is 6.01. The van der Waals surface area contributed by atoms with E-state index in [1.54, 1.807) is 29.2 Å². The maximum Gasteiger partial charge on any atom is 0.324 e. The summed E-state index contributed by atoms with van der Waals surface area (Å²) in [5.74, 6) is -1.08. The summed E-state index contributed by atoms with van der Waals surface area (Å²) in [4.78, 5) is 16.6. The number of hydrogen-bond acceptors (Lipinski definition) is 6. The first-order valence-electron chi connectivity index (χ1n) is 10.4. The highest BCUT2D eigenvalue weighted by atomic mass is 35.5. The van der Waals surface area contributed by atoms with E-state index in [1.165, 1.54) is 29.1 Å². The van der Waals surface area contributed by atoms with E-state index in [0.29, 0.717) is 42.6 Å². The molecule has 1 saturated heterocycles. The normalized spacial score (nSPS) is 14.7. The number of benzene rings is 2. The molecule has 1 aliphatic rings. The Bertz CT molecular complexity index is 1120. The van der Waals surface area contributed by atoms with Gasteiger partial charge in [-0.15, -0.1) is 10.2 Å². The van der Waals surface area contributed by atoms with Crippen LogP contribution in [0.3, 0.4) is 0 Å². The van der Waals surface area contributed by atoms with E-state index >= 15 is 4.39 Å². The highest BCUT2D eigenvalue weighted by Gasteiger charge is 2.25. The van der Waals surface area contributed by atoms with Crippen LogP contribution in [0.15, 0.2) is 46.9 Å². The van der Waals surface area contributed by atoms with Crippen LogP contribution in [0.2, 0.25) is 5.02 Å². The molecule has 1 aromatic heterocycles. The van der Waals surface area contributed by atoms with Crippen molar-refractivity contribution in [2.24, 2.45) is 0 Å². The van der Waals surface area contributed by atoms with Crippen LogP contribution in [-0.2, 0) is 10.7 Å². The van der Waals surface area contributed by atoms with E-state index in [9.17, 15) is 13.6 Å². The number of hydrogen-bond donors (Lipinski definition) is 0. The number of anilines is 1. The van der Waals surface area contributed by atoms with Crippen molar-refractivity contribution in [3.05, 3.63) is 64.8 Å². The molecule has 4 rings (SSSR count). The highest BCUT2D eigenvalue weighted by Crippen LogP contribution is 2.27. The van der Waals surface area contributed by atoms with Gasteiger partial charge in [-0.1, -0.05) is 17.7 Å². The smallest absolute Gasteiger partial charge is 0.324 e. The Labute approximate surface area is 203 Å². The lowest BCUT2D eigenvalue weighted by molar-refractivity contribution is 0.116. The summed E-state index contributed by atoms with van der Waals surface area (Å²) in [6.07, 6.45) is -2.24. The topological polar surface area (TPSA) is 71.7 Å². The van der Waals surface area contributed by atoms with Gasteiger partial charge in [-0.25, -0.2) is 9.18 Å². The summed E-state index contributed by atoms with van der Waals surface area (Å²) in [6, 6.07) is 10.5. The van der Waals surface area contributed by atoms with Gasteiger partial charge in [-0.2, -0.15) is 8.78 Å². The molecule has 2 heterocycles. The standard InChI is InChI=1S/C22H20ClF3N4O3S/c23-16-4-6-17(7-5-16)30(22(31)29-8-1-10-32-34-11-9-29)13-15-3-2-14(12-18(15)24)20-27-28-21(33-20)19(25)26/h2-7,12,19H,1,8-11,13H2. The zero-order valence-electron chi connectivity index (χ0n) is 17.8. The molecular weight excluding hydrogens is 493 g/mol. The van der Waals surface area contributed by atoms with E-state index in [-0.39, 0.29) is 29.6 Å². The predicted molar refractivity (Wildman–Crippen MR) is 122 cm³/mol. The molecule has 0 N–H and O–H groups in total. The molecule has 2 amide bonds. The summed E-state index contributed by atoms with van der Waals surface area (Å²) < 4.78 is 50.7. The molecule has 2 aromatic carbocycles. The number of carbonyl (C=O) groups is 1. The summed E-state index contributed by atoms with van der Waals surface area (Å²) in [5, 5.41) is 7.31. The quantitative estimate of drug-likeness (QED) is 0.393. The fraction of sp³-hybridized carbons (Fsp3) is 0.318. The third-order valence-electron chi connectivity index (χ3n) is 5.08. The average Bonchev–Trinajstić information content (AvgIpc) is 3.29. The number of aromatic nitrogens is 2. The summed E-state index contributed by atoms with van der Waals surface area (Å²) in [6.45, 7) is 1.47. The lowest BCUT2D eigenvalue weighted by Gasteiger charge is -2.32. The number of rotatable bonds is 5. The molecule has 0 atom stereocenters. The minimum atomic E-state index is -2.92. The van der Waals surface area contributed by atoms with Crippen molar-refractivity contribution in [2.75, 3.05) is 30.3 Å². The molecule has 1 fully saturated rings. The molecule has 34 heavy (non-hydrogen) atoms. The molecule has 1 aliphatic heterocycles. The van der Waals surface area contributed by atoms with Crippen molar-refractivity contribution in [3.8, 4) is 11.5 Å². The largest absolute Gasteiger partial charge is 0.415 e. The minimum Gasteiger partial charge on any atom is -0.415 e. The Morgan fingerprint density at radius 1 is 1.18 bits per heavy atom. The minimum absolute atomic E-state index is 0.0567. The Morgan fingerprint density at radius 2 is 1.97 bits per heavy atom. The molecule has 0 saturated carbocycles. The van der Waals surface area contributed by atoms with Gasteiger partial charge < -0.3 is 13.5 Å². The third kappa shape index (κ3) is 5.83. The highest BCUT2D eigenvalue weighted by molar-refractivity contribution is 7.94. The van der Waals surface area contributed by atoms with Gasteiger partial charge in [0.25, 0.3) is 5.89 Å². The molecule has 0 unspecified atom stereocenters. The van der Waals surface area contributed by atoms with Crippen LogP contribution in [0.5, 0.6) is 0 Å². The van der Waals surface area contributed by atoms with E-state index < -0.39 is 18.1 Å². The Balaban J connectivity index is 1.60. The maximum atomic E-state index is 15.0. The van der Waals surface area contributed by atoms with E-state index in [1.807, 2.05) is 0 Å². The molecule has 0 aliphatic carbocycles. The van der Waals surface area contributed by atoms with Crippen molar-refractivity contribution < 1.29 is 26.6 Å². The van der Waals surface area contributed by atoms with E-state index in [4.69, 9.17) is 20.2 Å². The zero-order valence-corrected chi connectivity index (χ0v) is 19.4. The second kappa shape index (κ2) is 11.1. The SMILES string of the molecule is O=C(N1CCCOSCC1)N(Cc1ccc(-c2nnc(C(F)F)o2)cc1F)c1ccc(Cl)cc1. The second-order valence-electron chi connectivity index (χ2n) is 7.38. The number of halogens is 4. The van der Waals surface area contributed by atoms with Gasteiger partial charge >= 0.3 is 12.5 Å². The van der Waals surface area contributed by atoms with Crippen LogP contribution < -0.4 is 4.90 Å². The van der Waals surface area contributed by atoms with Gasteiger partial charge in [-0.3, -0.25) is 4.90 Å². The molecule has 7 nitrogen and oxygen atoms in total. The van der Waals surface area contributed by atoms with Crippen LogP contribution in [0, 0.1) is 5.82 Å². The summed E-state index contributed by atoms with van der Waals surface area (Å²) in [5.41, 5.74) is 0.943. The first kappa shape index (κ1) is 24.4. The van der Waals surface area contributed by atoms with Gasteiger partial charge in [-0.05, 0) is 54.9 Å². The first-order chi connectivity index (χ1) is 16.4. The molecular formula is C22H20ClF3N4O3S. The number of carbonyl (C=O) groups excluding carboxylic acids is 1. The number of amides is 2. The number of urea groups is 1. The second-order valence-corrected chi connectivity index (χ2v) is 8.70. The number of nitrogens with zero attached hydrogens (tertiary/aromatic N) is 4. The van der Waals surface area contributed by atoms with Crippen molar-refractivity contribution >= 4 is 35.4 Å². The molecule has 3 aromatic rings. The zero-order chi connectivity index (χ0) is 24.1. The van der Waals surface area contributed by atoms with E-state index in [0.717, 1.165) is 6.07 Å². The Hall–Kier alpha value is -2.76. The molecule has 0 radical (unpaired) electrons. The fourth-order valence-electron chi connectivity index (χ4n) is 3.36. The van der Waals surface area contributed by atoms with Crippen LogP contribution >= 0.6 is 23.6 Å². The van der Waals surface area contributed by atoms with Crippen molar-refractivity contribution in [2.45, 2.75) is 19.4 Å². The van der Waals surface area contributed by atoms with E-state index in [2.05, 4.69) is 10.2 Å². The fourth-order valence-corrected chi connectivity index (χ4v) is 4.14. The monoisotopic (exact) mass is 512 g/mol.